The van der Waals surface area contributed by atoms with Crippen molar-refractivity contribution in [2.45, 2.75) is 6.92 Å². The van der Waals surface area contributed by atoms with Crippen LogP contribution in [0.3, 0.4) is 0 Å². The highest BCUT2D eigenvalue weighted by atomic mass is 32.2. The van der Waals surface area contributed by atoms with Crippen molar-refractivity contribution in [3.05, 3.63) is 35.4 Å². The number of thiocarbonyl (C=S) groups is 1. The molecule has 0 bridgehead atoms. The quantitative estimate of drug-likeness (QED) is 0.707. The largest absolute Gasteiger partial charge is 0.376 e. The third kappa shape index (κ3) is 3.01. The van der Waals surface area contributed by atoms with Gasteiger partial charge in [0.15, 0.2) is 5.11 Å². The van der Waals surface area contributed by atoms with E-state index >= 15 is 0 Å². The maximum Gasteiger partial charge on any atom is 0.302 e. The van der Waals surface area contributed by atoms with Crippen LogP contribution < -0.4 is 10.5 Å². The first-order valence-corrected chi connectivity index (χ1v) is 6.15. The van der Waals surface area contributed by atoms with Gasteiger partial charge in [0.2, 0.25) is 0 Å². The number of hydrogen-bond acceptors (Lipinski definition) is 4. The van der Waals surface area contributed by atoms with Crippen LogP contribution in [0.4, 0.5) is 0 Å². The molecule has 0 aliphatic rings. The topological polar surface area (TPSA) is 89.3 Å². The number of nitrogens with two attached hydrogens (primary N) is 1. The Morgan fingerprint density at radius 1 is 1.31 bits per heavy atom. The Balaban J connectivity index is 3.03. The van der Waals surface area contributed by atoms with E-state index in [0.717, 1.165) is 5.56 Å². The Labute approximate surface area is 98.7 Å². The van der Waals surface area contributed by atoms with Gasteiger partial charge in [-0.3, -0.25) is 9.52 Å². The van der Waals surface area contributed by atoms with E-state index in [-0.39, 0.29) is 5.56 Å². The van der Waals surface area contributed by atoms with Crippen LogP contribution in [0.25, 0.3) is 0 Å². The summed E-state index contributed by atoms with van der Waals surface area (Å²) < 4.78 is 24.6. The summed E-state index contributed by atoms with van der Waals surface area (Å²) in [5.41, 5.74) is 6.00. The predicted octanol–water partition coefficient (Wildman–Crippen LogP) is 0.298. The molecular formula is C9H10N2O3S2. The zero-order valence-corrected chi connectivity index (χ0v) is 10.1. The monoisotopic (exact) mass is 258 g/mol. The van der Waals surface area contributed by atoms with Crippen LogP contribution in [0.5, 0.6) is 0 Å². The number of rotatable bonds is 1. The highest BCUT2D eigenvalue weighted by Crippen LogP contribution is 2.07. The summed E-state index contributed by atoms with van der Waals surface area (Å²) in [5, 5.41) is -1.51. The number of benzene rings is 1. The summed E-state index contributed by atoms with van der Waals surface area (Å²) in [6.45, 7) is 1.83. The summed E-state index contributed by atoms with van der Waals surface area (Å²) in [5.74, 6) is 0. The van der Waals surface area contributed by atoms with Crippen LogP contribution in [-0.2, 0) is 10.0 Å². The van der Waals surface area contributed by atoms with E-state index in [2.05, 4.69) is 12.2 Å². The molecule has 0 radical (unpaired) electrons. The number of hydrogen-bond donors (Lipinski definition) is 2. The molecule has 86 valence electrons. The summed E-state index contributed by atoms with van der Waals surface area (Å²) >= 11 is 4.37. The lowest BCUT2D eigenvalue weighted by molar-refractivity contribution is 0.107. The van der Waals surface area contributed by atoms with E-state index in [9.17, 15) is 13.2 Å². The molecule has 5 nitrogen and oxygen atoms in total. The van der Waals surface area contributed by atoms with Crippen LogP contribution in [0.1, 0.15) is 15.9 Å². The van der Waals surface area contributed by atoms with E-state index < -0.39 is 20.3 Å². The first kappa shape index (κ1) is 12.6. The Kier molecular flexibility index (Phi) is 3.61. The second-order valence-electron chi connectivity index (χ2n) is 3.12. The van der Waals surface area contributed by atoms with Crippen molar-refractivity contribution in [3.8, 4) is 0 Å². The average molecular weight is 258 g/mol. The van der Waals surface area contributed by atoms with Crippen LogP contribution in [0.15, 0.2) is 24.3 Å². The van der Waals surface area contributed by atoms with Crippen molar-refractivity contribution in [2.24, 2.45) is 5.73 Å². The van der Waals surface area contributed by atoms with Crippen molar-refractivity contribution in [2.75, 3.05) is 0 Å². The van der Waals surface area contributed by atoms with Crippen LogP contribution in [0.2, 0.25) is 0 Å². The van der Waals surface area contributed by atoms with Gasteiger partial charge in [0.05, 0.1) is 0 Å². The molecule has 0 saturated heterocycles. The van der Waals surface area contributed by atoms with Crippen LogP contribution in [-0.4, -0.2) is 18.6 Å². The van der Waals surface area contributed by atoms with Crippen LogP contribution in [0, 0.1) is 6.92 Å². The molecule has 0 spiro atoms. The number of aryl methyl sites for hydroxylation is 1. The van der Waals surface area contributed by atoms with Gasteiger partial charge in [-0.1, -0.05) is 17.7 Å². The minimum absolute atomic E-state index is 0.0642. The lowest BCUT2D eigenvalue weighted by Crippen LogP contribution is -2.38. The van der Waals surface area contributed by atoms with E-state index in [4.69, 9.17) is 5.73 Å². The Hall–Kier alpha value is -1.47. The van der Waals surface area contributed by atoms with E-state index in [0.29, 0.717) is 0 Å². The van der Waals surface area contributed by atoms with Gasteiger partial charge in [-0.15, -0.1) is 0 Å². The van der Waals surface area contributed by atoms with E-state index in [1.807, 2.05) is 6.92 Å². The average Bonchev–Trinajstić information content (AvgIpc) is 2.16. The molecule has 0 unspecified atom stereocenters. The standard InChI is InChI=1S/C9H10N2O3S2/c1-6-2-4-7(5-3-6)8(12)16(13,14)11-9(10)15/h2-5H,1H3,(H3,10,11,15). The molecule has 0 fully saturated rings. The fourth-order valence-electron chi connectivity index (χ4n) is 1.02. The molecule has 0 aromatic heterocycles. The van der Waals surface area contributed by atoms with Gasteiger partial charge in [-0.05, 0) is 31.3 Å². The van der Waals surface area contributed by atoms with Gasteiger partial charge in [0, 0.05) is 5.56 Å². The van der Waals surface area contributed by atoms with Gasteiger partial charge in [0.1, 0.15) is 0 Å². The molecule has 7 heteroatoms. The number of carbonyl (C=O) groups excluding carboxylic acids is 1. The first-order chi connectivity index (χ1) is 7.33. The second kappa shape index (κ2) is 4.58. The lowest BCUT2D eigenvalue weighted by atomic mass is 10.2. The normalized spacial score (nSPS) is 10.8. The van der Waals surface area contributed by atoms with Gasteiger partial charge >= 0.3 is 10.0 Å². The Morgan fingerprint density at radius 2 is 1.81 bits per heavy atom. The molecule has 0 aliphatic carbocycles. The molecule has 3 N–H and O–H groups in total. The fraction of sp³-hybridized carbons (Fsp3) is 0.111. The predicted molar refractivity (Wildman–Crippen MR) is 64.4 cm³/mol. The highest BCUT2D eigenvalue weighted by molar-refractivity contribution is 8.06. The molecule has 0 saturated carbocycles. The van der Waals surface area contributed by atoms with Crippen LogP contribution >= 0.6 is 12.2 Å². The summed E-state index contributed by atoms with van der Waals surface area (Å²) in [7, 11) is -4.18. The van der Waals surface area contributed by atoms with E-state index in [1.165, 1.54) is 12.1 Å². The van der Waals surface area contributed by atoms with Crippen molar-refractivity contribution >= 4 is 32.5 Å². The third-order valence-corrected chi connectivity index (χ3v) is 3.21. The van der Waals surface area contributed by atoms with Gasteiger partial charge in [-0.25, -0.2) is 0 Å². The molecule has 0 aliphatic heterocycles. The molecule has 16 heavy (non-hydrogen) atoms. The Morgan fingerprint density at radius 3 is 2.25 bits per heavy atom. The van der Waals surface area contributed by atoms with Crippen molar-refractivity contribution in [1.29, 1.82) is 0 Å². The molecular weight excluding hydrogens is 248 g/mol. The molecule has 1 aromatic rings. The maximum absolute atomic E-state index is 11.5. The lowest BCUT2D eigenvalue weighted by Gasteiger charge is -2.04. The molecule has 0 heterocycles. The SMILES string of the molecule is Cc1ccc(C(=O)S(=O)(=O)NC(N)=S)cc1. The smallest absolute Gasteiger partial charge is 0.302 e. The van der Waals surface area contributed by atoms with Crippen molar-refractivity contribution < 1.29 is 13.2 Å². The number of carbonyl (C=O) groups is 1. The maximum atomic E-state index is 11.5. The zero-order chi connectivity index (χ0) is 12.3. The van der Waals surface area contributed by atoms with Gasteiger partial charge in [-0.2, -0.15) is 8.42 Å². The minimum Gasteiger partial charge on any atom is -0.376 e. The zero-order valence-electron chi connectivity index (χ0n) is 8.43. The second-order valence-corrected chi connectivity index (χ2v) is 5.14. The Bertz CT molecular complexity index is 520. The highest BCUT2D eigenvalue weighted by Gasteiger charge is 2.23. The van der Waals surface area contributed by atoms with Gasteiger partial charge in [0.25, 0.3) is 5.12 Å². The molecule has 0 amide bonds. The fourth-order valence-corrected chi connectivity index (χ4v) is 2.16. The minimum atomic E-state index is -4.18. The summed E-state index contributed by atoms with van der Waals surface area (Å²) in [6.07, 6.45) is 0. The third-order valence-electron chi connectivity index (χ3n) is 1.77. The molecule has 0 atom stereocenters. The first-order valence-electron chi connectivity index (χ1n) is 4.26. The van der Waals surface area contributed by atoms with Crippen molar-refractivity contribution in [1.82, 2.24) is 4.72 Å². The molecule has 1 rings (SSSR count). The van der Waals surface area contributed by atoms with Gasteiger partial charge < -0.3 is 5.73 Å². The summed E-state index contributed by atoms with van der Waals surface area (Å²) in [4.78, 5) is 11.5. The number of sulfonamides is 1. The number of nitrogens with one attached hydrogen (secondary N) is 1. The summed E-state index contributed by atoms with van der Waals surface area (Å²) in [6, 6.07) is 6.14. The molecule has 1 aromatic carbocycles. The van der Waals surface area contributed by atoms with Crippen molar-refractivity contribution in [3.63, 3.8) is 0 Å². The van der Waals surface area contributed by atoms with E-state index in [1.54, 1.807) is 16.9 Å².